The summed E-state index contributed by atoms with van der Waals surface area (Å²) in [4.78, 5) is 39.1. The normalized spacial score (nSPS) is 14.9. The van der Waals surface area contributed by atoms with E-state index >= 15 is 0 Å². The van der Waals surface area contributed by atoms with Gasteiger partial charge >= 0.3 is 6.03 Å². The van der Waals surface area contributed by atoms with Crippen molar-refractivity contribution in [2.24, 2.45) is 0 Å². The summed E-state index contributed by atoms with van der Waals surface area (Å²) in [5, 5.41) is 2.25. The minimum absolute atomic E-state index is 0.134. The zero-order valence-corrected chi connectivity index (χ0v) is 21.3. The number of para-hydroxylation sites is 1. The van der Waals surface area contributed by atoms with Crippen molar-refractivity contribution in [1.29, 1.82) is 0 Å². The van der Waals surface area contributed by atoms with Gasteiger partial charge in [0.1, 0.15) is 11.3 Å². The Morgan fingerprint density at radius 1 is 0.971 bits per heavy atom. The Kier molecular flexibility index (Phi) is 7.17. The Hall–Kier alpha value is -3.71. The van der Waals surface area contributed by atoms with Crippen LogP contribution in [-0.4, -0.2) is 24.5 Å². The average molecular weight is 533 g/mol. The lowest BCUT2D eigenvalue weighted by atomic mass is 9.98. The summed E-state index contributed by atoms with van der Waals surface area (Å²) in [5.41, 5.74) is 5.36. The molecule has 0 spiro atoms. The maximum absolute atomic E-state index is 13.2. The van der Waals surface area contributed by atoms with Gasteiger partial charge in [-0.25, -0.2) is 9.69 Å². The molecular formula is C28H25BrN2O4. The zero-order chi connectivity index (χ0) is 25.1. The summed E-state index contributed by atoms with van der Waals surface area (Å²) in [7, 11) is 0. The van der Waals surface area contributed by atoms with Gasteiger partial charge in [-0.05, 0) is 62.2 Å². The van der Waals surface area contributed by atoms with Gasteiger partial charge < -0.3 is 4.74 Å². The molecule has 0 radical (unpaired) electrons. The molecule has 1 fully saturated rings. The minimum Gasteiger partial charge on any atom is -0.494 e. The minimum atomic E-state index is -0.775. The predicted molar refractivity (Wildman–Crippen MR) is 139 cm³/mol. The van der Waals surface area contributed by atoms with Gasteiger partial charge in [0.15, 0.2) is 0 Å². The third kappa shape index (κ3) is 5.35. The van der Waals surface area contributed by atoms with Crippen molar-refractivity contribution < 1.29 is 19.1 Å². The van der Waals surface area contributed by atoms with Crippen molar-refractivity contribution in [2.75, 3.05) is 11.5 Å². The molecule has 1 N–H and O–H groups in total. The van der Waals surface area contributed by atoms with Gasteiger partial charge in [0.2, 0.25) is 0 Å². The first kappa shape index (κ1) is 24.4. The Morgan fingerprint density at radius 3 is 2.31 bits per heavy atom. The van der Waals surface area contributed by atoms with E-state index in [1.54, 1.807) is 30.3 Å². The van der Waals surface area contributed by atoms with Crippen LogP contribution < -0.4 is 15.0 Å². The largest absolute Gasteiger partial charge is 0.494 e. The maximum atomic E-state index is 13.2. The third-order valence-electron chi connectivity index (χ3n) is 5.57. The van der Waals surface area contributed by atoms with E-state index in [1.165, 1.54) is 17.2 Å². The topological polar surface area (TPSA) is 75.7 Å². The van der Waals surface area contributed by atoms with Gasteiger partial charge in [-0.3, -0.25) is 14.9 Å². The van der Waals surface area contributed by atoms with Crippen molar-refractivity contribution in [3.63, 3.8) is 0 Å². The van der Waals surface area contributed by atoms with Crippen LogP contribution in [0.25, 0.3) is 6.08 Å². The molecule has 1 aliphatic rings. The van der Waals surface area contributed by atoms with Crippen LogP contribution in [0.3, 0.4) is 0 Å². The predicted octanol–water partition coefficient (Wildman–Crippen LogP) is 5.72. The molecule has 0 bridgehead atoms. The highest BCUT2D eigenvalue weighted by atomic mass is 79.9. The van der Waals surface area contributed by atoms with Crippen LogP contribution in [0.4, 0.5) is 10.5 Å². The molecule has 6 nitrogen and oxygen atoms in total. The Balaban J connectivity index is 1.72. The summed E-state index contributed by atoms with van der Waals surface area (Å²) >= 11 is 3.66. The number of aryl methyl sites for hydroxylation is 2. The summed E-state index contributed by atoms with van der Waals surface area (Å²) < 4.78 is 6.73. The second-order valence-electron chi connectivity index (χ2n) is 8.38. The van der Waals surface area contributed by atoms with E-state index in [9.17, 15) is 14.4 Å². The standard InChI is InChI=1S/C28H25BrN2O4/c1-4-35-25-16-20(15-24(29)22(25)13-19-11-17(2)10-18(3)12-19)14-23-26(32)30-28(34)31(27(23)33)21-8-6-5-7-9-21/h5-12,14-16H,4,13H2,1-3H3,(H,30,32,34)/b23-14+. The zero-order valence-electron chi connectivity index (χ0n) is 19.7. The number of hydrogen-bond acceptors (Lipinski definition) is 4. The molecule has 1 saturated heterocycles. The Morgan fingerprint density at radius 2 is 1.66 bits per heavy atom. The number of rotatable bonds is 6. The molecule has 0 aliphatic carbocycles. The molecule has 0 atom stereocenters. The van der Waals surface area contributed by atoms with Gasteiger partial charge in [0.25, 0.3) is 11.8 Å². The van der Waals surface area contributed by atoms with Crippen LogP contribution in [0.5, 0.6) is 5.75 Å². The van der Waals surface area contributed by atoms with Gasteiger partial charge in [-0.2, -0.15) is 0 Å². The van der Waals surface area contributed by atoms with Crippen molar-refractivity contribution in [3.05, 3.63) is 98.5 Å². The van der Waals surface area contributed by atoms with Gasteiger partial charge in [0.05, 0.1) is 12.3 Å². The lowest BCUT2D eigenvalue weighted by molar-refractivity contribution is -0.122. The summed E-state index contributed by atoms with van der Waals surface area (Å²) in [6.07, 6.45) is 2.14. The van der Waals surface area contributed by atoms with E-state index in [1.807, 2.05) is 19.1 Å². The number of ether oxygens (including phenoxy) is 1. The molecular weight excluding hydrogens is 508 g/mol. The molecule has 0 aromatic heterocycles. The molecule has 3 aromatic carbocycles. The number of urea groups is 1. The number of nitrogens with zero attached hydrogens (tertiary/aromatic N) is 1. The lowest BCUT2D eigenvalue weighted by Gasteiger charge is -2.26. The second kappa shape index (κ2) is 10.3. The molecule has 4 rings (SSSR count). The first-order valence-electron chi connectivity index (χ1n) is 11.3. The van der Waals surface area contributed by atoms with Gasteiger partial charge in [-0.15, -0.1) is 0 Å². The van der Waals surface area contributed by atoms with E-state index in [0.29, 0.717) is 30.0 Å². The van der Waals surface area contributed by atoms with E-state index in [4.69, 9.17) is 4.74 Å². The average Bonchev–Trinajstić information content (AvgIpc) is 2.79. The van der Waals surface area contributed by atoms with Crippen molar-refractivity contribution in [2.45, 2.75) is 27.2 Å². The SMILES string of the molecule is CCOc1cc(/C=C2\C(=O)NC(=O)N(c3ccccc3)C2=O)cc(Br)c1Cc1cc(C)cc(C)c1. The molecule has 0 unspecified atom stereocenters. The molecule has 1 heterocycles. The number of barbiturate groups is 1. The first-order chi connectivity index (χ1) is 16.8. The third-order valence-corrected chi connectivity index (χ3v) is 6.27. The fraction of sp³-hybridized carbons (Fsp3) is 0.179. The van der Waals surface area contributed by atoms with Crippen LogP contribution in [0.1, 0.15) is 34.7 Å². The van der Waals surface area contributed by atoms with Gasteiger partial charge in [0, 0.05) is 16.5 Å². The second-order valence-corrected chi connectivity index (χ2v) is 9.23. The van der Waals surface area contributed by atoms with Crippen LogP contribution in [0.15, 0.2) is 70.7 Å². The quantitative estimate of drug-likeness (QED) is 0.325. The number of imide groups is 2. The number of carbonyl (C=O) groups is 3. The number of nitrogens with one attached hydrogen (secondary N) is 1. The van der Waals surface area contributed by atoms with E-state index in [-0.39, 0.29) is 5.57 Å². The van der Waals surface area contributed by atoms with Crippen molar-refractivity contribution in [3.8, 4) is 5.75 Å². The molecule has 4 amide bonds. The summed E-state index contributed by atoms with van der Waals surface area (Å²) in [5.74, 6) is -0.758. The number of hydrogen-bond donors (Lipinski definition) is 1. The van der Waals surface area contributed by atoms with Crippen molar-refractivity contribution in [1.82, 2.24) is 5.32 Å². The fourth-order valence-electron chi connectivity index (χ4n) is 4.18. The van der Waals surface area contributed by atoms with Crippen molar-refractivity contribution >= 4 is 45.5 Å². The highest BCUT2D eigenvalue weighted by molar-refractivity contribution is 9.10. The highest BCUT2D eigenvalue weighted by Crippen LogP contribution is 2.33. The fourth-order valence-corrected chi connectivity index (χ4v) is 4.78. The first-order valence-corrected chi connectivity index (χ1v) is 12.0. The number of benzene rings is 3. The number of carbonyl (C=O) groups excluding carboxylic acids is 3. The van der Waals surface area contributed by atoms with E-state index in [2.05, 4.69) is 53.3 Å². The lowest BCUT2D eigenvalue weighted by Crippen LogP contribution is -2.54. The summed E-state index contributed by atoms with van der Waals surface area (Å²) in [6.45, 7) is 6.50. The number of amides is 4. The Bertz CT molecular complexity index is 1330. The molecule has 7 heteroatoms. The number of halogens is 1. The smallest absolute Gasteiger partial charge is 0.335 e. The van der Waals surface area contributed by atoms with E-state index in [0.717, 1.165) is 20.5 Å². The molecule has 178 valence electrons. The van der Waals surface area contributed by atoms with Crippen LogP contribution in [0.2, 0.25) is 0 Å². The number of anilines is 1. The molecule has 35 heavy (non-hydrogen) atoms. The highest BCUT2D eigenvalue weighted by Gasteiger charge is 2.36. The maximum Gasteiger partial charge on any atom is 0.335 e. The molecule has 1 aliphatic heterocycles. The summed E-state index contributed by atoms with van der Waals surface area (Å²) in [6, 6.07) is 17.8. The monoisotopic (exact) mass is 532 g/mol. The van der Waals surface area contributed by atoms with Crippen LogP contribution in [0, 0.1) is 13.8 Å². The van der Waals surface area contributed by atoms with Gasteiger partial charge in [-0.1, -0.05) is 63.5 Å². The van der Waals surface area contributed by atoms with E-state index < -0.39 is 17.8 Å². The molecule has 3 aromatic rings. The Labute approximate surface area is 212 Å². The van der Waals surface area contributed by atoms with Crippen LogP contribution >= 0.6 is 15.9 Å². The molecule has 0 saturated carbocycles. The van der Waals surface area contributed by atoms with Crippen LogP contribution in [-0.2, 0) is 16.0 Å².